The molecule has 1 heterocycles. The van der Waals surface area contributed by atoms with Crippen LogP contribution in [0.1, 0.15) is 18.5 Å². The minimum absolute atomic E-state index is 0.0490. The minimum atomic E-state index is -4.73. The molecule has 1 aromatic carbocycles. The summed E-state index contributed by atoms with van der Waals surface area (Å²) in [6.45, 7) is 1.66. The molecule has 0 bridgehead atoms. The van der Waals surface area contributed by atoms with Crippen LogP contribution in [0, 0.1) is 0 Å². The number of hydrogen-bond donors (Lipinski definition) is 1. The Morgan fingerprint density at radius 1 is 1.36 bits per heavy atom. The van der Waals surface area contributed by atoms with E-state index in [2.05, 4.69) is 25.6 Å². The molecule has 0 saturated heterocycles. The molecule has 0 fully saturated rings. The van der Waals surface area contributed by atoms with Gasteiger partial charge < -0.3 is 10.1 Å². The molecule has 7 nitrogen and oxygen atoms in total. The smallest absolute Gasteiger partial charge is 0.406 e. The van der Waals surface area contributed by atoms with Crippen LogP contribution >= 0.6 is 0 Å². The summed E-state index contributed by atoms with van der Waals surface area (Å²) in [6, 6.07) is 4.88. The first-order chi connectivity index (χ1) is 10.3. The number of ether oxygens (including phenoxy) is 1. The van der Waals surface area contributed by atoms with Crippen molar-refractivity contribution in [3.8, 4) is 5.75 Å². The molecular formula is C12H12F3N5O2. The topological polar surface area (TPSA) is 81.9 Å². The van der Waals surface area contributed by atoms with Crippen molar-refractivity contribution in [2.75, 3.05) is 0 Å². The van der Waals surface area contributed by atoms with E-state index in [1.807, 2.05) is 0 Å². The molecule has 2 rings (SSSR count). The van der Waals surface area contributed by atoms with Crippen LogP contribution in [0.3, 0.4) is 0 Å². The van der Waals surface area contributed by atoms with Gasteiger partial charge in [0.05, 0.1) is 6.04 Å². The Labute approximate surface area is 123 Å². The molecular weight excluding hydrogens is 303 g/mol. The number of alkyl halides is 3. The van der Waals surface area contributed by atoms with E-state index in [9.17, 15) is 18.0 Å². The van der Waals surface area contributed by atoms with Crippen LogP contribution in [0.5, 0.6) is 5.75 Å². The second-order valence-electron chi connectivity index (χ2n) is 4.41. The first kappa shape index (κ1) is 15.7. The maximum atomic E-state index is 12.1. The maximum Gasteiger partial charge on any atom is 0.573 e. The summed E-state index contributed by atoms with van der Waals surface area (Å²) in [5.41, 5.74) is 0.639. The molecule has 2 aromatic rings. The van der Waals surface area contributed by atoms with Gasteiger partial charge in [-0.15, -0.1) is 18.3 Å². The highest BCUT2D eigenvalue weighted by molar-refractivity contribution is 5.76. The van der Waals surface area contributed by atoms with Crippen molar-refractivity contribution < 1.29 is 22.7 Å². The van der Waals surface area contributed by atoms with Crippen molar-refractivity contribution in [2.45, 2.75) is 25.9 Å². The number of benzene rings is 1. The van der Waals surface area contributed by atoms with E-state index in [4.69, 9.17) is 0 Å². The summed E-state index contributed by atoms with van der Waals surface area (Å²) in [4.78, 5) is 11.7. The van der Waals surface area contributed by atoms with Crippen molar-refractivity contribution in [3.63, 3.8) is 0 Å². The summed E-state index contributed by atoms with van der Waals surface area (Å²) in [6.07, 6.45) is -3.43. The number of nitrogens with zero attached hydrogens (tertiary/aromatic N) is 4. The predicted molar refractivity (Wildman–Crippen MR) is 67.5 cm³/mol. The number of aromatic nitrogens is 4. The number of hydrogen-bond acceptors (Lipinski definition) is 5. The third kappa shape index (κ3) is 4.72. The molecule has 1 aromatic heterocycles. The third-order valence-electron chi connectivity index (χ3n) is 2.69. The van der Waals surface area contributed by atoms with Gasteiger partial charge in [0, 0.05) is 0 Å². The first-order valence-corrected chi connectivity index (χ1v) is 6.19. The largest absolute Gasteiger partial charge is 0.573 e. The fraction of sp³-hybridized carbons (Fsp3) is 0.333. The molecule has 22 heavy (non-hydrogen) atoms. The fourth-order valence-corrected chi connectivity index (χ4v) is 1.73. The lowest BCUT2D eigenvalue weighted by Crippen LogP contribution is -2.30. The highest BCUT2D eigenvalue weighted by Crippen LogP contribution is 2.24. The van der Waals surface area contributed by atoms with Crippen LogP contribution < -0.4 is 10.1 Å². The van der Waals surface area contributed by atoms with Crippen LogP contribution in [0.15, 0.2) is 30.6 Å². The molecule has 1 N–H and O–H groups in total. The Kier molecular flexibility index (Phi) is 4.59. The number of nitrogens with one attached hydrogen (secondary N) is 1. The molecule has 0 aliphatic heterocycles. The Morgan fingerprint density at radius 2 is 2.05 bits per heavy atom. The predicted octanol–water partition coefficient (Wildman–Crippen LogP) is 1.45. The Bertz CT molecular complexity index is 613. The average molecular weight is 315 g/mol. The SMILES string of the molecule is CC(NC(=O)Cn1cnnn1)c1ccc(OC(F)(F)F)cc1. The zero-order valence-electron chi connectivity index (χ0n) is 11.4. The Morgan fingerprint density at radius 3 is 2.59 bits per heavy atom. The summed E-state index contributed by atoms with van der Waals surface area (Å²) >= 11 is 0. The van der Waals surface area contributed by atoms with Gasteiger partial charge in [0.2, 0.25) is 5.91 Å². The number of carbonyl (C=O) groups is 1. The fourth-order valence-electron chi connectivity index (χ4n) is 1.73. The van der Waals surface area contributed by atoms with Crippen LogP contribution in [0.2, 0.25) is 0 Å². The van der Waals surface area contributed by atoms with Gasteiger partial charge in [-0.25, -0.2) is 4.68 Å². The van der Waals surface area contributed by atoms with Crippen molar-refractivity contribution >= 4 is 5.91 Å². The maximum absolute atomic E-state index is 12.1. The highest BCUT2D eigenvalue weighted by atomic mass is 19.4. The van der Waals surface area contributed by atoms with Gasteiger partial charge >= 0.3 is 6.36 Å². The second kappa shape index (κ2) is 6.41. The second-order valence-corrected chi connectivity index (χ2v) is 4.41. The monoisotopic (exact) mass is 315 g/mol. The van der Waals surface area contributed by atoms with Gasteiger partial charge in [-0.05, 0) is 35.0 Å². The van der Waals surface area contributed by atoms with Crippen molar-refractivity contribution in [1.29, 1.82) is 0 Å². The normalized spacial score (nSPS) is 12.7. The number of halogens is 3. The minimum Gasteiger partial charge on any atom is -0.406 e. The zero-order valence-corrected chi connectivity index (χ0v) is 11.4. The zero-order chi connectivity index (χ0) is 16.2. The quantitative estimate of drug-likeness (QED) is 0.903. The molecule has 0 spiro atoms. The molecule has 0 saturated carbocycles. The van der Waals surface area contributed by atoms with E-state index in [0.29, 0.717) is 5.56 Å². The molecule has 118 valence electrons. The summed E-state index contributed by atoms with van der Waals surface area (Å²) in [5.74, 6) is -0.640. The van der Waals surface area contributed by atoms with Crippen molar-refractivity contribution in [3.05, 3.63) is 36.2 Å². The van der Waals surface area contributed by atoms with E-state index in [1.165, 1.54) is 35.3 Å². The van der Waals surface area contributed by atoms with Crippen molar-refractivity contribution in [1.82, 2.24) is 25.5 Å². The number of carbonyl (C=O) groups excluding carboxylic acids is 1. The Hall–Kier alpha value is -2.65. The van der Waals surface area contributed by atoms with Gasteiger partial charge in [-0.3, -0.25) is 4.79 Å². The molecule has 1 atom stereocenters. The van der Waals surface area contributed by atoms with Crippen LogP contribution in [0.25, 0.3) is 0 Å². The average Bonchev–Trinajstić information content (AvgIpc) is 2.90. The molecule has 0 radical (unpaired) electrons. The summed E-state index contributed by atoms with van der Waals surface area (Å²) in [7, 11) is 0. The van der Waals surface area contributed by atoms with E-state index in [1.54, 1.807) is 6.92 Å². The van der Waals surface area contributed by atoms with Gasteiger partial charge in [0.1, 0.15) is 18.6 Å². The lowest BCUT2D eigenvalue weighted by Gasteiger charge is -2.15. The van der Waals surface area contributed by atoms with Crippen molar-refractivity contribution in [2.24, 2.45) is 0 Å². The lowest BCUT2D eigenvalue weighted by atomic mass is 10.1. The Balaban J connectivity index is 1.92. The standard InChI is InChI=1S/C12H12F3N5O2/c1-8(17-11(21)6-20-7-16-18-19-20)9-2-4-10(5-3-9)22-12(13,14)15/h2-5,7-8H,6H2,1H3,(H,17,21). The first-order valence-electron chi connectivity index (χ1n) is 6.19. The van der Waals surface area contributed by atoms with Gasteiger partial charge in [-0.2, -0.15) is 0 Å². The van der Waals surface area contributed by atoms with E-state index >= 15 is 0 Å². The number of rotatable bonds is 5. The van der Waals surface area contributed by atoms with Crippen LogP contribution in [-0.2, 0) is 11.3 Å². The highest BCUT2D eigenvalue weighted by Gasteiger charge is 2.31. The van der Waals surface area contributed by atoms with E-state index in [0.717, 1.165) is 0 Å². The third-order valence-corrected chi connectivity index (χ3v) is 2.69. The molecule has 10 heteroatoms. The molecule has 0 aliphatic carbocycles. The molecule has 0 aliphatic rings. The summed E-state index contributed by atoms with van der Waals surface area (Å²) in [5, 5.41) is 13.0. The number of amides is 1. The molecule has 1 unspecified atom stereocenters. The van der Waals surface area contributed by atoms with Crippen LogP contribution in [-0.4, -0.2) is 32.5 Å². The van der Waals surface area contributed by atoms with Gasteiger partial charge in [0.15, 0.2) is 0 Å². The van der Waals surface area contributed by atoms with E-state index in [-0.39, 0.29) is 24.2 Å². The van der Waals surface area contributed by atoms with Gasteiger partial charge in [-0.1, -0.05) is 12.1 Å². The molecule has 1 amide bonds. The van der Waals surface area contributed by atoms with Crippen LogP contribution in [0.4, 0.5) is 13.2 Å². The number of tetrazole rings is 1. The lowest BCUT2D eigenvalue weighted by molar-refractivity contribution is -0.274. The van der Waals surface area contributed by atoms with E-state index < -0.39 is 6.36 Å². The summed E-state index contributed by atoms with van der Waals surface area (Å²) < 4.78 is 41.2. The van der Waals surface area contributed by atoms with Gasteiger partial charge in [0.25, 0.3) is 0 Å².